The van der Waals surface area contributed by atoms with Crippen molar-refractivity contribution in [1.29, 1.82) is 0 Å². The SMILES string of the molecule is O=C([O-])CSc1nnc2n(-c3ccccc3)c(=O)c3ccccc3n12. The van der Waals surface area contributed by atoms with Crippen LogP contribution in [0.3, 0.4) is 0 Å². The Labute approximate surface area is 145 Å². The van der Waals surface area contributed by atoms with E-state index in [0.29, 0.717) is 27.5 Å². The molecule has 0 radical (unpaired) electrons. The summed E-state index contributed by atoms with van der Waals surface area (Å²) in [5, 5.41) is 19.9. The highest BCUT2D eigenvalue weighted by Crippen LogP contribution is 2.22. The van der Waals surface area contributed by atoms with Crippen molar-refractivity contribution in [1.82, 2.24) is 19.2 Å². The number of aliphatic carboxylic acids is 1. The molecule has 0 fully saturated rings. The predicted octanol–water partition coefficient (Wildman–Crippen LogP) is 0.875. The van der Waals surface area contributed by atoms with Gasteiger partial charge in [0, 0.05) is 5.75 Å². The normalized spacial score (nSPS) is 11.2. The summed E-state index contributed by atoms with van der Waals surface area (Å²) in [4.78, 5) is 23.8. The number of carbonyl (C=O) groups is 1. The lowest BCUT2D eigenvalue weighted by Gasteiger charge is -2.11. The van der Waals surface area contributed by atoms with Crippen LogP contribution in [-0.2, 0) is 4.79 Å². The summed E-state index contributed by atoms with van der Waals surface area (Å²) in [7, 11) is 0. The lowest BCUT2D eigenvalue weighted by molar-refractivity contribution is -0.301. The Morgan fingerprint density at radius 1 is 1.04 bits per heavy atom. The van der Waals surface area contributed by atoms with Gasteiger partial charge in [0.2, 0.25) is 5.78 Å². The second-order valence-corrected chi connectivity index (χ2v) is 6.21. The van der Waals surface area contributed by atoms with Gasteiger partial charge in [-0.15, -0.1) is 10.2 Å². The molecule has 0 atom stereocenters. The van der Waals surface area contributed by atoms with E-state index in [1.165, 1.54) is 4.57 Å². The van der Waals surface area contributed by atoms with E-state index in [2.05, 4.69) is 10.2 Å². The fourth-order valence-electron chi connectivity index (χ4n) is 2.71. The van der Waals surface area contributed by atoms with Gasteiger partial charge in [-0.1, -0.05) is 42.1 Å². The first-order valence-electron chi connectivity index (χ1n) is 7.44. The quantitative estimate of drug-likeness (QED) is 0.507. The average Bonchev–Trinajstić information content (AvgIpc) is 3.05. The van der Waals surface area contributed by atoms with Crippen LogP contribution in [-0.4, -0.2) is 30.9 Å². The van der Waals surface area contributed by atoms with Crippen molar-refractivity contribution in [2.45, 2.75) is 5.16 Å². The lowest BCUT2D eigenvalue weighted by Crippen LogP contribution is -2.24. The zero-order valence-electron chi connectivity index (χ0n) is 12.8. The first-order chi connectivity index (χ1) is 12.2. The lowest BCUT2D eigenvalue weighted by atomic mass is 10.2. The van der Waals surface area contributed by atoms with Crippen molar-refractivity contribution in [2.75, 3.05) is 5.75 Å². The van der Waals surface area contributed by atoms with E-state index in [4.69, 9.17) is 0 Å². The third-order valence-electron chi connectivity index (χ3n) is 3.73. The highest BCUT2D eigenvalue weighted by molar-refractivity contribution is 7.99. The molecule has 0 aliphatic rings. The number of aromatic nitrogens is 4. The van der Waals surface area contributed by atoms with Crippen molar-refractivity contribution in [3.05, 3.63) is 65.0 Å². The van der Waals surface area contributed by atoms with Gasteiger partial charge in [-0.25, -0.2) is 4.57 Å². The molecule has 2 heterocycles. The minimum absolute atomic E-state index is 0.210. The number of carboxylic acid groups (broad SMARTS) is 1. The van der Waals surface area contributed by atoms with Gasteiger partial charge in [0.15, 0.2) is 5.16 Å². The number of carboxylic acids is 1. The summed E-state index contributed by atoms with van der Waals surface area (Å²) < 4.78 is 3.16. The van der Waals surface area contributed by atoms with E-state index >= 15 is 0 Å². The molecular formula is C17H11N4O3S-. The summed E-state index contributed by atoms with van der Waals surface area (Å²) in [5.41, 5.74) is 1.07. The Morgan fingerprint density at radius 3 is 2.52 bits per heavy atom. The Balaban J connectivity index is 2.10. The van der Waals surface area contributed by atoms with Gasteiger partial charge in [-0.2, -0.15) is 0 Å². The number of carbonyl (C=O) groups excluding carboxylic acids is 1. The summed E-state index contributed by atoms with van der Waals surface area (Å²) in [6, 6.07) is 16.2. The molecule has 0 aliphatic heterocycles. The van der Waals surface area contributed by atoms with Gasteiger partial charge in [0.05, 0.1) is 22.6 Å². The third kappa shape index (κ3) is 2.56. The van der Waals surface area contributed by atoms with Crippen LogP contribution in [0.5, 0.6) is 0 Å². The van der Waals surface area contributed by atoms with Gasteiger partial charge < -0.3 is 9.90 Å². The number of thioether (sulfide) groups is 1. The number of hydrogen-bond acceptors (Lipinski definition) is 6. The predicted molar refractivity (Wildman–Crippen MR) is 91.8 cm³/mol. The highest BCUT2D eigenvalue weighted by Gasteiger charge is 2.17. The van der Waals surface area contributed by atoms with Gasteiger partial charge in [-0.3, -0.25) is 9.20 Å². The first-order valence-corrected chi connectivity index (χ1v) is 8.42. The summed E-state index contributed by atoms with van der Waals surface area (Å²) >= 11 is 1.00. The minimum atomic E-state index is -1.19. The van der Waals surface area contributed by atoms with Crippen LogP contribution in [0, 0.1) is 0 Å². The highest BCUT2D eigenvalue weighted by atomic mass is 32.2. The van der Waals surface area contributed by atoms with Crippen molar-refractivity contribution in [2.24, 2.45) is 0 Å². The molecule has 8 heteroatoms. The summed E-state index contributed by atoms with van der Waals surface area (Å²) in [6.07, 6.45) is 0. The van der Waals surface area contributed by atoms with Crippen LogP contribution >= 0.6 is 11.8 Å². The van der Waals surface area contributed by atoms with Crippen molar-refractivity contribution in [3.8, 4) is 5.69 Å². The number of nitrogens with zero attached hydrogens (tertiary/aromatic N) is 4. The second-order valence-electron chi connectivity index (χ2n) is 5.27. The Kier molecular flexibility index (Phi) is 3.73. The maximum atomic E-state index is 13.0. The van der Waals surface area contributed by atoms with E-state index in [1.54, 1.807) is 40.8 Å². The minimum Gasteiger partial charge on any atom is -0.549 e. The zero-order chi connectivity index (χ0) is 17.4. The molecule has 4 aromatic rings. The van der Waals surface area contributed by atoms with Crippen molar-refractivity contribution >= 4 is 34.4 Å². The average molecular weight is 351 g/mol. The Hall–Kier alpha value is -3.13. The topological polar surface area (TPSA) is 92.3 Å². The molecule has 4 rings (SSSR count). The van der Waals surface area contributed by atoms with Gasteiger partial charge >= 0.3 is 0 Å². The summed E-state index contributed by atoms with van der Waals surface area (Å²) in [6.45, 7) is 0. The monoisotopic (exact) mass is 351 g/mol. The maximum Gasteiger partial charge on any atom is 0.267 e. The number of rotatable bonds is 4. The Bertz CT molecular complexity index is 1150. The third-order valence-corrected chi connectivity index (χ3v) is 4.63. The zero-order valence-corrected chi connectivity index (χ0v) is 13.6. The number of benzene rings is 2. The molecule has 0 bridgehead atoms. The fraction of sp³-hybridized carbons (Fsp3) is 0.0588. The molecule has 0 unspecified atom stereocenters. The van der Waals surface area contributed by atoms with Crippen LogP contribution in [0.2, 0.25) is 0 Å². The standard InChI is InChI=1S/C17H12N4O3S/c22-14(23)10-25-17-19-18-16-20(11-6-2-1-3-7-11)15(24)12-8-4-5-9-13(12)21(16)17/h1-9H,10H2,(H,22,23)/p-1. The van der Waals surface area contributed by atoms with Crippen molar-refractivity contribution in [3.63, 3.8) is 0 Å². The number of fused-ring (bicyclic) bond motifs is 3. The van der Waals surface area contributed by atoms with Crippen molar-refractivity contribution < 1.29 is 9.90 Å². The largest absolute Gasteiger partial charge is 0.549 e. The van der Waals surface area contributed by atoms with E-state index in [1.807, 2.05) is 18.2 Å². The Morgan fingerprint density at radius 2 is 1.76 bits per heavy atom. The molecule has 7 nitrogen and oxygen atoms in total. The molecule has 0 spiro atoms. The van der Waals surface area contributed by atoms with Crippen LogP contribution in [0.1, 0.15) is 0 Å². The van der Waals surface area contributed by atoms with E-state index in [0.717, 1.165) is 11.8 Å². The van der Waals surface area contributed by atoms with Crippen LogP contribution < -0.4 is 10.7 Å². The molecule has 2 aromatic carbocycles. The fourth-order valence-corrected chi connectivity index (χ4v) is 3.36. The number of para-hydroxylation sites is 2. The molecule has 0 aliphatic carbocycles. The van der Waals surface area contributed by atoms with Gasteiger partial charge in [0.1, 0.15) is 0 Å². The molecule has 2 aromatic heterocycles. The first kappa shape index (κ1) is 15.4. The van der Waals surface area contributed by atoms with Gasteiger partial charge in [0.25, 0.3) is 5.56 Å². The van der Waals surface area contributed by atoms with Gasteiger partial charge in [-0.05, 0) is 24.3 Å². The molecule has 0 saturated heterocycles. The van der Waals surface area contributed by atoms with Crippen LogP contribution in [0.4, 0.5) is 0 Å². The van der Waals surface area contributed by atoms with Crippen LogP contribution in [0.25, 0.3) is 22.4 Å². The molecule has 0 saturated carbocycles. The maximum absolute atomic E-state index is 13.0. The number of hydrogen-bond donors (Lipinski definition) is 0. The molecule has 25 heavy (non-hydrogen) atoms. The smallest absolute Gasteiger partial charge is 0.267 e. The molecular weight excluding hydrogens is 340 g/mol. The molecule has 124 valence electrons. The molecule has 0 N–H and O–H groups in total. The van der Waals surface area contributed by atoms with E-state index in [9.17, 15) is 14.7 Å². The van der Waals surface area contributed by atoms with E-state index in [-0.39, 0.29) is 11.3 Å². The molecule has 0 amide bonds. The second kappa shape index (κ2) is 6.06. The van der Waals surface area contributed by atoms with Crippen LogP contribution in [0.15, 0.2) is 64.5 Å². The van der Waals surface area contributed by atoms with E-state index < -0.39 is 5.97 Å². The summed E-state index contributed by atoms with van der Waals surface area (Å²) in [5.74, 6) is -1.11.